The first kappa shape index (κ1) is 19.1. The molecule has 0 N–H and O–H groups in total. The van der Waals surface area contributed by atoms with Crippen molar-refractivity contribution in [1.29, 1.82) is 0 Å². The highest BCUT2D eigenvalue weighted by molar-refractivity contribution is 7.18. The number of amides is 1. The SMILES string of the molecule is O=C(Cn1nnc(-c2ccccc2Cl)n1)N1CCC(c2nc3ccccc3s2)CC1. The average Bonchev–Trinajstić information content (AvgIpc) is 3.41. The maximum atomic E-state index is 12.7. The van der Waals surface area contributed by atoms with Crippen molar-refractivity contribution in [1.82, 2.24) is 30.1 Å². The van der Waals surface area contributed by atoms with E-state index in [-0.39, 0.29) is 12.5 Å². The summed E-state index contributed by atoms with van der Waals surface area (Å²) in [4.78, 5) is 20.7. The molecule has 1 fully saturated rings. The highest BCUT2D eigenvalue weighted by Crippen LogP contribution is 2.33. The predicted octanol–water partition coefficient (Wildman–Crippen LogP) is 4.01. The highest BCUT2D eigenvalue weighted by atomic mass is 35.5. The molecule has 4 aromatic rings. The Labute approximate surface area is 182 Å². The monoisotopic (exact) mass is 438 g/mol. The third kappa shape index (κ3) is 3.80. The Morgan fingerprint density at radius 2 is 1.87 bits per heavy atom. The molecule has 30 heavy (non-hydrogen) atoms. The van der Waals surface area contributed by atoms with Crippen LogP contribution in [0, 0.1) is 0 Å². The van der Waals surface area contributed by atoms with Gasteiger partial charge in [0.25, 0.3) is 0 Å². The maximum Gasteiger partial charge on any atom is 0.246 e. The molecule has 0 aliphatic carbocycles. The molecule has 7 nitrogen and oxygen atoms in total. The minimum Gasteiger partial charge on any atom is -0.341 e. The standard InChI is InChI=1S/C21H19ClN6OS/c22-16-6-2-1-5-15(16)20-24-26-28(25-20)13-19(29)27-11-9-14(10-12-27)21-23-17-7-3-4-8-18(17)30-21/h1-8,14H,9-13H2. The predicted molar refractivity (Wildman–Crippen MR) is 116 cm³/mol. The summed E-state index contributed by atoms with van der Waals surface area (Å²) in [5.41, 5.74) is 1.76. The number of hydrogen-bond donors (Lipinski definition) is 0. The second-order valence-electron chi connectivity index (χ2n) is 7.30. The van der Waals surface area contributed by atoms with Gasteiger partial charge in [0, 0.05) is 24.6 Å². The molecule has 0 unspecified atom stereocenters. The lowest BCUT2D eigenvalue weighted by molar-refractivity contribution is -0.133. The number of likely N-dealkylation sites (tertiary alicyclic amines) is 1. The molecule has 0 saturated carbocycles. The van der Waals surface area contributed by atoms with Crippen LogP contribution in [0.2, 0.25) is 5.02 Å². The summed E-state index contributed by atoms with van der Waals surface area (Å²) in [6.45, 7) is 1.50. The van der Waals surface area contributed by atoms with Gasteiger partial charge >= 0.3 is 0 Å². The lowest BCUT2D eigenvalue weighted by Gasteiger charge is -2.30. The van der Waals surface area contributed by atoms with Gasteiger partial charge in [0.2, 0.25) is 11.7 Å². The van der Waals surface area contributed by atoms with Crippen LogP contribution in [0.3, 0.4) is 0 Å². The minimum atomic E-state index is 0.000795. The molecule has 0 bridgehead atoms. The molecule has 0 atom stereocenters. The first-order valence-electron chi connectivity index (χ1n) is 9.83. The number of hydrogen-bond acceptors (Lipinski definition) is 6. The summed E-state index contributed by atoms with van der Waals surface area (Å²) < 4.78 is 1.22. The number of thiazole rings is 1. The number of carbonyl (C=O) groups excluding carboxylic acids is 1. The van der Waals surface area contributed by atoms with Gasteiger partial charge in [-0.3, -0.25) is 4.79 Å². The van der Waals surface area contributed by atoms with E-state index < -0.39 is 0 Å². The number of nitrogens with zero attached hydrogens (tertiary/aromatic N) is 6. The Kier molecular flexibility index (Phi) is 5.18. The quantitative estimate of drug-likeness (QED) is 0.481. The smallest absolute Gasteiger partial charge is 0.246 e. The first-order chi connectivity index (χ1) is 14.7. The normalized spacial score (nSPS) is 15.0. The average molecular weight is 439 g/mol. The van der Waals surface area contributed by atoms with Gasteiger partial charge in [-0.15, -0.1) is 21.5 Å². The van der Waals surface area contributed by atoms with Crippen molar-refractivity contribution in [3.8, 4) is 11.4 Å². The van der Waals surface area contributed by atoms with E-state index in [1.54, 1.807) is 17.4 Å². The lowest BCUT2D eigenvalue weighted by Crippen LogP contribution is -2.40. The lowest BCUT2D eigenvalue weighted by atomic mass is 9.97. The number of halogens is 1. The summed E-state index contributed by atoms with van der Waals surface area (Å²) in [7, 11) is 0. The molecule has 1 amide bonds. The zero-order chi connectivity index (χ0) is 20.5. The van der Waals surface area contributed by atoms with Crippen molar-refractivity contribution < 1.29 is 4.79 Å². The van der Waals surface area contributed by atoms with E-state index in [1.807, 2.05) is 35.2 Å². The number of aromatic nitrogens is 5. The molecule has 152 valence electrons. The summed E-state index contributed by atoms with van der Waals surface area (Å²) in [6.07, 6.45) is 1.84. The van der Waals surface area contributed by atoms with Crippen LogP contribution in [0.25, 0.3) is 21.6 Å². The summed E-state index contributed by atoms with van der Waals surface area (Å²) in [6, 6.07) is 15.5. The molecule has 2 aromatic carbocycles. The van der Waals surface area contributed by atoms with E-state index >= 15 is 0 Å². The Morgan fingerprint density at radius 1 is 1.10 bits per heavy atom. The van der Waals surface area contributed by atoms with E-state index in [1.165, 1.54) is 14.5 Å². The topological polar surface area (TPSA) is 76.8 Å². The third-order valence-corrected chi connectivity index (χ3v) is 6.88. The van der Waals surface area contributed by atoms with Gasteiger partial charge in [-0.1, -0.05) is 35.9 Å². The Hall–Kier alpha value is -2.84. The third-order valence-electron chi connectivity index (χ3n) is 5.35. The van der Waals surface area contributed by atoms with Crippen molar-refractivity contribution >= 4 is 39.1 Å². The van der Waals surface area contributed by atoms with Crippen LogP contribution < -0.4 is 0 Å². The van der Waals surface area contributed by atoms with Crippen molar-refractivity contribution in [3.05, 3.63) is 58.6 Å². The van der Waals surface area contributed by atoms with Crippen LogP contribution in [0.4, 0.5) is 0 Å². The van der Waals surface area contributed by atoms with E-state index in [2.05, 4.69) is 27.5 Å². The largest absolute Gasteiger partial charge is 0.341 e. The molecule has 1 aliphatic rings. The van der Waals surface area contributed by atoms with Crippen molar-refractivity contribution in [3.63, 3.8) is 0 Å². The number of benzene rings is 2. The molecule has 1 aliphatic heterocycles. The molecule has 2 aromatic heterocycles. The van der Waals surface area contributed by atoms with Gasteiger partial charge < -0.3 is 4.90 Å². The number of piperidine rings is 1. The fourth-order valence-corrected chi connectivity index (χ4v) is 5.08. The molecule has 0 spiro atoms. The van der Waals surface area contributed by atoms with E-state index in [9.17, 15) is 4.79 Å². The minimum absolute atomic E-state index is 0.000795. The van der Waals surface area contributed by atoms with E-state index in [4.69, 9.17) is 16.6 Å². The zero-order valence-electron chi connectivity index (χ0n) is 16.1. The number of tetrazole rings is 1. The Morgan fingerprint density at radius 3 is 2.67 bits per heavy atom. The van der Waals surface area contributed by atoms with Crippen LogP contribution >= 0.6 is 22.9 Å². The fourth-order valence-electron chi connectivity index (χ4n) is 3.72. The zero-order valence-corrected chi connectivity index (χ0v) is 17.7. The van der Waals surface area contributed by atoms with Crippen LogP contribution in [0.5, 0.6) is 0 Å². The van der Waals surface area contributed by atoms with Gasteiger partial charge in [-0.25, -0.2) is 4.98 Å². The van der Waals surface area contributed by atoms with Crippen molar-refractivity contribution in [2.45, 2.75) is 25.3 Å². The summed E-state index contributed by atoms with van der Waals surface area (Å²) in [5.74, 6) is 0.826. The molecule has 1 saturated heterocycles. The molecular formula is C21H19ClN6OS. The van der Waals surface area contributed by atoms with Crippen LogP contribution in [-0.2, 0) is 11.3 Å². The first-order valence-corrected chi connectivity index (χ1v) is 11.0. The number of fused-ring (bicyclic) bond motifs is 1. The fraction of sp³-hybridized carbons (Fsp3) is 0.286. The Bertz CT molecular complexity index is 1160. The second kappa shape index (κ2) is 8.12. The van der Waals surface area contributed by atoms with Crippen LogP contribution in [-0.4, -0.2) is 49.1 Å². The van der Waals surface area contributed by atoms with Gasteiger partial charge in [0.05, 0.1) is 20.2 Å². The molecule has 0 radical (unpaired) electrons. The van der Waals surface area contributed by atoms with Crippen LogP contribution in [0.1, 0.15) is 23.8 Å². The summed E-state index contributed by atoms with van der Waals surface area (Å²) >= 11 is 7.95. The summed E-state index contributed by atoms with van der Waals surface area (Å²) in [5, 5.41) is 14.1. The highest BCUT2D eigenvalue weighted by Gasteiger charge is 2.26. The number of carbonyl (C=O) groups is 1. The molecule has 5 rings (SSSR count). The van der Waals surface area contributed by atoms with Crippen molar-refractivity contribution in [2.75, 3.05) is 13.1 Å². The molecule has 3 heterocycles. The van der Waals surface area contributed by atoms with Gasteiger partial charge in [-0.2, -0.15) is 4.80 Å². The number of para-hydroxylation sites is 1. The van der Waals surface area contributed by atoms with E-state index in [0.717, 1.165) is 18.4 Å². The molecular weight excluding hydrogens is 420 g/mol. The molecule has 9 heteroatoms. The number of rotatable bonds is 4. The van der Waals surface area contributed by atoms with Crippen molar-refractivity contribution in [2.24, 2.45) is 0 Å². The maximum absolute atomic E-state index is 12.7. The Balaban J connectivity index is 1.21. The van der Waals surface area contributed by atoms with Crippen LogP contribution in [0.15, 0.2) is 48.5 Å². The van der Waals surface area contributed by atoms with Gasteiger partial charge in [0.1, 0.15) is 6.54 Å². The second-order valence-corrected chi connectivity index (χ2v) is 8.77. The van der Waals surface area contributed by atoms with Gasteiger partial charge in [0.15, 0.2) is 0 Å². The van der Waals surface area contributed by atoms with Gasteiger partial charge in [-0.05, 0) is 42.3 Å². The van der Waals surface area contributed by atoms with E-state index in [0.29, 0.717) is 35.4 Å².